The topological polar surface area (TPSA) is 35.2 Å². The molecule has 2 aromatic carbocycles. The van der Waals surface area contributed by atoms with Gasteiger partial charge in [-0.1, -0.05) is 43.0 Å². The standard InChI is InChI=1S/C25H29ClN4OS/c1-31-23-9-5-4-8-22(23)24-27-29(25(32)30(24)21-12-10-20(26)11-13-21)17-28-15-14-18-6-2-3-7-19(18)16-28/h4-5,8-13,18-19H,2-3,6-7,14-17H2,1H3/t18-,19-/m0/s1. The number of halogens is 1. The SMILES string of the molecule is COc1ccccc1-c1nn(CN2CC[C@@H]3CCCC[C@H]3C2)c(=S)n1-c1ccc(Cl)cc1. The monoisotopic (exact) mass is 468 g/mol. The molecule has 0 spiro atoms. The van der Waals surface area contributed by atoms with Gasteiger partial charge in [-0.15, -0.1) is 5.10 Å². The van der Waals surface area contributed by atoms with E-state index >= 15 is 0 Å². The van der Waals surface area contributed by atoms with E-state index in [0.717, 1.165) is 47.8 Å². The summed E-state index contributed by atoms with van der Waals surface area (Å²) in [5.41, 5.74) is 1.86. The van der Waals surface area contributed by atoms with E-state index in [1.54, 1.807) is 7.11 Å². The van der Waals surface area contributed by atoms with Crippen molar-refractivity contribution in [2.75, 3.05) is 20.2 Å². The van der Waals surface area contributed by atoms with Crippen LogP contribution in [0.15, 0.2) is 48.5 Å². The summed E-state index contributed by atoms with van der Waals surface area (Å²) in [6, 6.07) is 15.7. The minimum atomic E-state index is 0.680. The lowest BCUT2D eigenvalue weighted by Crippen LogP contribution is -2.42. The first-order valence-electron chi connectivity index (χ1n) is 11.5. The Labute approximate surface area is 199 Å². The number of para-hydroxylation sites is 1. The Morgan fingerprint density at radius 2 is 1.78 bits per heavy atom. The van der Waals surface area contributed by atoms with Crippen LogP contribution >= 0.6 is 23.8 Å². The zero-order chi connectivity index (χ0) is 22.1. The molecule has 32 heavy (non-hydrogen) atoms. The van der Waals surface area contributed by atoms with Gasteiger partial charge in [0.1, 0.15) is 5.75 Å². The number of aromatic nitrogens is 3. The molecule has 1 aromatic heterocycles. The van der Waals surface area contributed by atoms with Crippen molar-refractivity contribution in [1.29, 1.82) is 0 Å². The van der Waals surface area contributed by atoms with E-state index in [-0.39, 0.29) is 0 Å². The van der Waals surface area contributed by atoms with Gasteiger partial charge in [0.2, 0.25) is 4.77 Å². The lowest BCUT2D eigenvalue weighted by molar-refractivity contribution is 0.0625. The van der Waals surface area contributed by atoms with Crippen molar-refractivity contribution in [2.45, 2.75) is 38.8 Å². The third kappa shape index (κ3) is 4.24. The van der Waals surface area contributed by atoms with Crippen molar-refractivity contribution in [3.05, 3.63) is 58.3 Å². The van der Waals surface area contributed by atoms with Crippen LogP contribution in [0.2, 0.25) is 5.02 Å². The molecule has 1 aliphatic heterocycles. The molecule has 2 fully saturated rings. The molecule has 1 saturated carbocycles. The number of benzene rings is 2. The lowest BCUT2D eigenvalue weighted by Gasteiger charge is -2.41. The van der Waals surface area contributed by atoms with E-state index in [4.69, 9.17) is 33.7 Å². The average Bonchev–Trinajstić information content (AvgIpc) is 3.15. The van der Waals surface area contributed by atoms with Crippen molar-refractivity contribution in [1.82, 2.24) is 19.2 Å². The van der Waals surface area contributed by atoms with Crippen molar-refractivity contribution < 1.29 is 4.74 Å². The number of nitrogens with zero attached hydrogens (tertiary/aromatic N) is 4. The molecular weight excluding hydrogens is 440 g/mol. The predicted molar refractivity (Wildman–Crippen MR) is 131 cm³/mol. The summed E-state index contributed by atoms with van der Waals surface area (Å²) in [5.74, 6) is 3.28. The van der Waals surface area contributed by atoms with Crippen LogP contribution in [0.4, 0.5) is 0 Å². The lowest BCUT2D eigenvalue weighted by atomic mass is 9.75. The smallest absolute Gasteiger partial charge is 0.204 e. The van der Waals surface area contributed by atoms with Crippen LogP contribution in [0.1, 0.15) is 32.1 Å². The Morgan fingerprint density at radius 1 is 1.03 bits per heavy atom. The van der Waals surface area contributed by atoms with Crippen molar-refractivity contribution in [3.8, 4) is 22.8 Å². The summed E-state index contributed by atoms with van der Waals surface area (Å²) in [6.07, 6.45) is 6.83. The van der Waals surface area contributed by atoms with E-state index in [0.29, 0.717) is 16.5 Å². The fraction of sp³-hybridized carbons (Fsp3) is 0.440. The third-order valence-corrected chi connectivity index (χ3v) is 7.63. The summed E-state index contributed by atoms with van der Waals surface area (Å²) in [5, 5.41) is 5.70. The number of hydrogen-bond acceptors (Lipinski definition) is 4. The summed E-state index contributed by atoms with van der Waals surface area (Å²) in [7, 11) is 1.69. The van der Waals surface area contributed by atoms with E-state index in [9.17, 15) is 0 Å². The zero-order valence-electron chi connectivity index (χ0n) is 18.4. The third-order valence-electron chi connectivity index (χ3n) is 6.98. The van der Waals surface area contributed by atoms with Gasteiger partial charge in [-0.2, -0.15) is 0 Å². The minimum Gasteiger partial charge on any atom is -0.496 e. The molecule has 2 aliphatic rings. The molecule has 0 N–H and O–H groups in total. The molecular formula is C25H29ClN4OS. The zero-order valence-corrected chi connectivity index (χ0v) is 20.0. The molecule has 3 aromatic rings. The molecule has 1 aliphatic carbocycles. The highest BCUT2D eigenvalue weighted by Gasteiger charge is 2.31. The summed E-state index contributed by atoms with van der Waals surface area (Å²) >= 11 is 12.1. The van der Waals surface area contributed by atoms with Gasteiger partial charge < -0.3 is 4.74 Å². The summed E-state index contributed by atoms with van der Waals surface area (Å²) < 4.78 is 10.3. The highest BCUT2D eigenvalue weighted by atomic mass is 35.5. The van der Waals surface area contributed by atoms with Crippen LogP contribution in [0.5, 0.6) is 5.75 Å². The normalized spacial score (nSPS) is 21.3. The van der Waals surface area contributed by atoms with Crippen LogP contribution < -0.4 is 4.74 Å². The molecule has 168 valence electrons. The molecule has 2 heterocycles. The highest BCUT2D eigenvalue weighted by molar-refractivity contribution is 7.71. The van der Waals surface area contributed by atoms with Crippen molar-refractivity contribution in [3.63, 3.8) is 0 Å². The maximum atomic E-state index is 6.15. The van der Waals surface area contributed by atoms with Gasteiger partial charge in [0.05, 0.1) is 25.0 Å². The number of rotatable bonds is 5. The van der Waals surface area contributed by atoms with E-state index in [2.05, 4.69) is 4.90 Å². The molecule has 1 saturated heterocycles. The van der Waals surface area contributed by atoms with Gasteiger partial charge in [0.15, 0.2) is 5.82 Å². The van der Waals surface area contributed by atoms with Crippen LogP contribution in [0.3, 0.4) is 0 Å². The molecule has 7 heteroatoms. The van der Waals surface area contributed by atoms with Gasteiger partial charge in [-0.05, 0) is 73.3 Å². The van der Waals surface area contributed by atoms with Crippen LogP contribution in [-0.2, 0) is 6.67 Å². The Balaban J connectivity index is 1.52. The number of likely N-dealkylation sites (tertiary alicyclic amines) is 1. The van der Waals surface area contributed by atoms with Gasteiger partial charge in [-0.3, -0.25) is 9.47 Å². The number of ether oxygens (including phenoxy) is 1. The van der Waals surface area contributed by atoms with Crippen molar-refractivity contribution >= 4 is 23.8 Å². The van der Waals surface area contributed by atoms with Crippen LogP contribution in [-0.4, -0.2) is 39.4 Å². The number of fused-ring (bicyclic) bond motifs is 1. The minimum absolute atomic E-state index is 0.680. The molecule has 0 unspecified atom stereocenters. The van der Waals surface area contributed by atoms with Crippen LogP contribution in [0, 0.1) is 16.6 Å². The van der Waals surface area contributed by atoms with Gasteiger partial charge in [0.25, 0.3) is 0 Å². The van der Waals surface area contributed by atoms with Crippen LogP contribution in [0.25, 0.3) is 17.1 Å². The molecule has 2 atom stereocenters. The largest absolute Gasteiger partial charge is 0.496 e. The van der Waals surface area contributed by atoms with E-state index in [1.165, 1.54) is 32.1 Å². The quantitative estimate of drug-likeness (QED) is 0.417. The second kappa shape index (κ2) is 9.38. The second-order valence-corrected chi connectivity index (χ2v) is 9.73. The van der Waals surface area contributed by atoms with Gasteiger partial charge in [0, 0.05) is 18.1 Å². The Morgan fingerprint density at radius 3 is 2.56 bits per heavy atom. The Kier molecular flexibility index (Phi) is 6.35. The maximum Gasteiger partial charge on any atom is 0.204 e. The molecule has 0 amide bonds. The maximum absolute atomic E-state index is 6.15. The number of methoxy groups -OCH3 is 1. The van der Waals surface area contributed by atoms with Gasteiger partial charge in [-0.25, -0.2) is 4.68 Å². The fourth-order valence-electron chi connectivity index (χ4n) is 5.32. The fourth-order valence-corrected chi connectivity index (χ4v) is 5.74. The Hall–Kier alpha value is -2.15. The highest BCUT2D eigenvalue weighted by Crippen LogP contribution is 2.36. The number of piperidine rings is 1. The molecule has 5 rings (SSSR count). The first kappa shape index (κ1) is 21.7. The molecule has 0 bridgehead atoms. The average molecular weight is 469 g/mol. The predicted octanol–water partition coefficient (Wildman–Crippen LogP) is 6.20. The first-order valence-corrected chi connectivity index (χ1v) is 12.2. The molecule has 0 radical (unpaired) electrons. The summed E-state index contributed by atoms with van der Waals surface area (Å²) in [4.78, 5) is 2.52. The molecule has 5 nitrogen and oxygen atoms in total. The van der Waals surface area contributed by atoms with E-state index < -0.39 is 0 Å². The summed E-state index contributed by atoms with van der Waals surface area (Å²) in [6.45, 7) is 2.97. The van der Waals surface area contributed by atoms with Crippen molar-refractivity contribution in [2.24, 2.45) is 11.8 Å². The van der Waals surface area contributed by atoms with Gasteiger partial charge >= 0.3 is 0 Å². The second-order valence-electron chi connectivity index (χ2n) is 8.93. The van der Waals surface area contributed by atoms with E-state index in [1.807, 2.05) is 57.8 Å². The first-order chi connectivity index (χ1) is 15.6. The Bertz CT molecular complexity index is 1140. The number of hydrogen-bond donors (Lipinski definition) is 0.